The number of carbonyl (C=O) groups excluding carboxylic acids is 1. The number of methoxy groups -OCH3 is 1. The molecule has 1 aromatic heterocycles. The van der Waals surface area contributed by atoms with Crippen molar-refractivity contribution in [2.24, 2.45) is 5.92 Å². The van der Waals surface area contributed by atoms with E-state index < -0.39 is 9.05 Å². The van der Waals surface area contributed by atoms with Crippen molar-refractivity contribution in [3.05, 3.63) is 16.5 Å². The molecule has 0 aliphatic carbocycles. The fourth-order valence-electron chi connectivity index (χ4n) is 2.64. The number of ether oxygens (including phenoxy) is 1. The van der Waals surface area contributed by atoms with Gasteiger partial charge in [-0.2, -0.15) is 0 Å². The van der Waals surface area contributed by atoms with Crippen molar-refractivity contribution < 1.29 is 17.9 Å². The Labute approximate surface area is 133 Å². The van der Waals surface area contributed by atoms with Gasteiger partial charge in [-0.05, 0) is 31.2 Å². The normalized spacial score (nSPS) is 19.8. The highest BCUT2D eigenvalue weighted by atomic mass is 35.7. The Morgan fingerprint density at radius 1 is 1.57 bits per heavy atom. The molecule has 2 heterocycles. The van der Waals surface area contributed by atoms with Crippen LogP contribution >= 0.6 is 22.0 Å². The minimum absolute atomic E-state index is 0.0537. The van der Waals surface area contributed by atoms with Crippen LogP contribution in [0.2, 0.25) is 0 Å². The van der Waals surface area contributed by atoms with Gasteiger partial charge in [-0.15, -0.1) is 11.3 Å². The van der Waals surface area contributed by atoms with Crippen LogP contribution in [0.5, 0.6) is 0 Å². The molecule has 1 aromatic rings. The monoisotopic (exact) mass is 351 g/mol. The van der Waals surface area contributed by atoms with Crippen molar-refractivity contribution >= 4 is 37.0 Å². The number of carbonyl (C=O) groups is 1. The molecule has 0 N–H and O–H groups in total. The van der Waals surface area contributed by atoms with Crippen molar-refractivity contribution in [2.45, 2.75) is 24.0 Å². The average Bonchev–Trinajstić information content (AvgIpc) is 2.80. The lowest BCUT2D eigenvalue weighted by Crippen LogP contribution is -2.41. The molecule has 1 aliphatic rings. The first-order valence-electron chi connectivity index (χ1n) is 6.65. The van der Waals surface area contributed by atoms with E-state index in [1.165, 1.54) is 0 Å². The number of halogens is 1. The van der Waals surface area contributed by atoms with Crippen molar-refractivity contribution in [2.75, 3.05) is 26.8 Å². The molecule has 21 heavy (non-hydrogen) atoms. The van der Waals surface area contributed by atoms with Gasteiger partial charge in [0.25, 0.3) is 15.0 Å². The topological polar surface area (TPSA) is 63.7 Å². The van der Waals surface area contributed by atoms with Gasteiger partial charge >= 0.3 is 0 Å². The number of hydrogen-bond donors (Lipinski definition) is 0. The summed E-state index contributed by atoms with van der Waals surface area (Å²) < 4.78 is 28.1. The third-order valence-electron chi connectivity index (χ3n) is 3.65. The van der Waals surface area contributed by atoms with Crippen LogP contribution in [0.1, 0.15) is 28.8 Å². The van der Waals surface area contributed by atoms with Gasteiger partial charge in [-0.3, -0.25) is 4.79 Å². The van der Waals surface area contributed by atoms with Crippen molar-refractivity contribution in [3.8, 4) is 0 Å². The Morgan fingerprint density at radius 2 is 2.29 bits per heavy atom. The summed E-state index contributed by atoms with van der Waals surface area (Å²) in [5.41, 5.74) is 0.867. The zero-order chi connectivity index (χ0) is 15.6. The van der Waals surface area contributed by atoms with Gasteiger partial charge in [0.15, 0.2) is 0 Å². The molecule has 5 nitrogen and oxygen atoms in total. The number of rotatable bonds is 4. The smallest absolute Gasteiger partial charge is 0.271 e. The molecule has 1 aliphatic heterocycles. The van der Waals surface area contributed by atoms with Crippen LogP contribution in [0.4, 0.5) is 0 Å². The maximum Gasteiger partial charge on any atom is 0.271 e. The second-order valence-electron chi connectivity index (χ2n) is 5.21. The molecule has 1 saturated heterocycles. The molecule has 1 amide bonds. The molecule has 2 rings (SSSR count). The second kappa shape index (κ2) is 6.64. The van der Waals surface area contributed by atoms with E-state index in [0.29, 0.717) is 36.7 Å². The van der Waals surface area contributed by atoms with Crippen LogP contribution in [0.3, 0.4) is 0 Å². The molecular weight excluding hydrogens is 334 g/mol. The van der Waals surface area contributed by atoms with Crippen LogP contribution in [-0.4, -0.2) is 46.0 Å². The van der Waals surface area contributed by atoms with Gasteiger partial charge in [0.1, 0.15) is 4.21 Å². The van der Waals surface area contributed by atoms with E-state index in [2.05, 4.69) is 0 Å². The fraction of sp³-hybridized carbons (Fsp3) is 0.615. The van der Waals surface area contributed by atoms with Crippen LogP contribution in [-0.2, 0) is 13.8 Å². The predicted molar refractivity (Wildman–Crippen MR) is 82.6 cm³/mol. The Morgan fingerprint density at radius 3 is 2.86 bits per heavy atom. The van der Waals surface area contributed by atoms with Crippen molar-refractivity contribution in [3.63, 3.8) is 0 Å². The van der Waals surface area contributed by atoms with E-state index >= 15 is 0 Å². The quantitative estimate of drug-likeness (QED) is 0.782. The standard InChI is InChI=1S/C13H18ClNO4S2/c1-9-11(8-20-13(9)21(14,17)18)12(16)15-5-3-4-10(6-15)7-19-2/h8,10H,3-7H2,1-2H3. The van der Waals surface area contributed by atoms with E-state index in [-0.39, 0.29) is 10.1 Å². The van der Waals surface area contributed by atoms with E-state index in [9.17, 15) is 13.2 Å². The third-order valence-corrected chi connectivity index (χ3v) is 6.96. The predicted octanol–water partition coefficient (Wildman–Crippen LogP) is 2.48. The third kappa shape index (κ3) is 3.77. The van der Waals surface area contributed by atoms with Gasteiger partial charge < -0.3 is 9.64 Å². The van der Waals surface area contributed by atoms with Crippen LogP contribution in [0.15, 0.2) is 9.59 Å². The van der Waals surface area contributed by atoms with Gasteiger partial charge in [0.2, 0.25) is 0 Å². The van der Waals surface area contributed by atoms with Crippen molar-refractivity contribution in [1.82, 2.24) is 4.90 Å². The summed E-state index contributed by atoms with van der Waals surface area (Å²) in [6.45, 7) is 3.59. The summed E-state index contributed by atoms with van der Waals surface area (Å²) in [5.74, 6) is 0.207. The van der Waals surface area contributed by atoms with E-state index in [0.717, 1.165) is 24.2 Å². The van der Waals surface area contributed by atoms with E-state index in [4.69, 9.17) is 15.4 Å². The Kier molecular flexibility index (Phi) is 5.29. The molecule has 8 heteroatoms. The summed E-state index contributed by atoms with van der Waals surface area (Å²) in [6.07, 6.45) is 1.98. The number of hydrogen-bond acceptors (Lipinski definition) is 5. The van der Waals surface area contributed by atoms with E-state index in [1.54, 1.807) is 24.3 Å². The highest BCUT2D eigenvalue weighted by Gasteiger charge is 2.28. The van der Waals surface area contributed by atoms with Crippen LogP contribution in [0.25, 0.3) is 0 Å². The lowest BCUT2D eigenvalue weighted by atomic mass is 9.98. The molecule has 118 valence electrons. The first kappa shape index (κ1) is 16.7. The first-order chi connectivity index (χ1) is 9.84. The molecule has 0 spiro atoms. The Hall–Kier alpha value is -0.630. The Balaban J connectivity index is 2.19. The minimum Gasteiger partial charge on any atom is -0.384 e. The molecule has 1 atom stereocenters. The maximum absolute atomic E-state index is 12.6. The number of nitrogens with zero attached hydrogens (tertiary/aromatic N) is 1. The summed E-state index contributed by atoms with van der Waals surface area (Å²) in [7, 11) is 3.23. The SMILES string of the molecule is COCC1CCCN(C(=O)c2csc(S(=O)(=O)Cl)c2C)C1. The molecule has 1 unspecified atom stereocenters. The lowest BCUT2D eigenvalue weighted by molar-refractivity contribution is 0.0570. The largest absolute Gasteiger partial charge is 0.384 e. The molecule has 0 aromatic carbocycles. The van der Waals surface area contributed by atoms with Crippen LogP contribution < -0.4 is 0 Å². The zero-order valence-electron chi connectivity index (χ0n) is 12.0. The average molecular weight is 352 g/mol. The van der Waals surface area contributed by atoms with Gasteiger partial charge in [-0.25, -0.2) is 8.42 Å². The summed E-state index contributed by atoms with van der Waals surface area (Å²) in [5, 5.41) is 1.58. The minimum atomic E-state index is -3.80. The Bertz CT molecular complexity index is 624. The van der Waals surface area contributed by atoms with E-state index in [1.807, 2.05) is 0 Å². The summed E-state index contributed by atoms with van der Waals surface area (Å²) in [4.78, 5) is 14.3. The highest BCUT2D eigenvalue weighted by Crippen LogP contribution is 2.31. The maximum atomic E-state index is 12.6. The second-order valence-corrected chi connectivity index (χ2v) is 8.86. The summed E-state index contributed by atoms with van der Waals surface area (Å²) >= 11 is 0.994. The highest BCUT2D eigenvalue weighted by molar-refractivity contribution is 8.15. The number of thiophene rings is 1. The van der Waals surface area contributed by atoms with Gasteiger partial charge in [0.05, 0.1) is 12.2 Å². The van der Waals surface area contributed by atoms with Gasteiger partial charge in [0, 0.05) is 36.3 Å². The van der Waals surface area contributed by atoms with Crippen LogP contribution in [0, 0.1) is 12.8 Å². The zero-order valence-corrected chi connectivity index (χ0v) is 14.4. The number of amides is 1. The fourth-order valence-corrected chi connectivity index (χ4v) is 5.19. The molecule has 0 radical (unpaired) electrons. The summed E-state index contributed by atoms with van der Waals surface area (Å²) in [6, 6.07) is 0. The lowest BCUT2D eigenvalue weighted by Gasteiger charge is -2.32. The first-order valence-corrected chi connectivity index (χ1v) is 9.84. The van der Waals surface area contributed by atoms with Gasteiger partial charge in [-0.1, -0.05) is 0 Å². The molecule has 0 saturated carbocycles. The molecule has 0 bridgehead atoms. The number of piperidine rings is 1. The number of likely N-dealkylation sites (tertiary alicyclic amines) is 1. The molecule has 1 fully saturated rings. The van der Waals surface area contributed by atoms with Crippen molar-refractivity contribution in [1.29, 1.82) is 0 Å². The molecular formula is C13H18ClNO4S2.